The number of nitrogen functional groups attached to an aromatic ring is 1. The number of carbonyl (C=O) groups is 1. The maximum atomic E-state index is 12.3. The Morgan fingerprint density at radius 2 is 1.95 bits per heavy atom. The first-order valence-electron chi connectivity index (χ1n) is 6.53. The molecule has 0 heterocycles. The van der Waals surface area contributed by atoms with Crippen LogP contribution >= 0.6 is 11.6 Å². The zero-order valence-corrected chi connectivity index (χ0v) is 13.0. The number of nitrogens with one attached hydrogen (secondary N) is 1. The second-order valence-corrected chi connectivity index (χ2v) is 5.44. The summed E-state index contributed by atoms with van der Waals surface area (Å²) < 4.78 is 0. The Labute approximate surface area is 129 Å². The maximum absolute atomic E-state index is 12.3. The predicted molar refractivity (Wildman–Crippen MR) is 89.3 cm³/mol. The summed E-state index contributed by atoms with van der Waals surface area (Å²) >= 11 is 6.20. The van der Waals surface area contributed by atoms with E-state index in [0.29, 0.717) is 22.0 Å². The summed E-state index contributed by atoms with van der Waals surface area (Å²) in [5, 5.41) is 3.42. The summed E-state index contributed by atoms with van der Waals surface area (Å²) in [6.07, 6.45) is 0. The number of carbonyl (C=O) groups excluding carboxylic acids is 1. The maximum Gasteiger partial charge on any atom is 0.256 e. The van der Waals surface area contributed by atoms with E-state index in [1.807, 2.05) is 38.1 Å². The number of amides is 1. The van der Waals surface area contributed by atoms with Crippen LogP contribution in [-0.4, -0.2) is 20.0 Å². The minimum absolute atomic E-state index is 0.200. The van der Waals surface area contributed by atoms with E-state index in [1.54, 1.807) is 24.3 Å². The highest BCUT2D eigenvalue weighted by Crippen LogP contribution is 2.28. The van der Waals surface area contributed by atoms with Gasteiger partial charge in [0.25, 0.3) is 5.91 Å². The van der Waals surface area contributed by atoms with E-state index in [9.17, 15) is 4.79 Å². The number of hydrogen-bond donors (Lipinski definition) is 2. The number of halogens is 1. The highest BCUT2D eigenvalue weighted by atomic mass is 35.5. The van der Waals surface area contributed by atoms with E-state index in [2.05, 4.69) is 5.32 Å². The average Bonchev–Trinajstić information content (AvgIpc) is 2.41. The minimum Gasteiger partial charge on any atom is -0.398 e. The molecule has 0 saturated carbocycles. The fourth-order valence-electron chi connectivity index (χ4n) is 2.05. The van der Waals surface area contributed by atoms with Crippen LogP contribution in [0.4, 0.5) is 17.1 Å². The summed E-state index contributed by atoms with van der Waals surface area (Å²) in [5.74, 6) is -0.200. The molecule has 0 atom stereocenters. The molecule has 0 fully saturated rings. The van der Waals surface area contributed by atoms with E-state index in [1.165, 1.54) is 0 Å². The fraction of sp³-hybridized carbons (Fsp3) is 0.188. The Morgan fingerprint density at radius 1 is 1.24 bits per heavy atom. The zero-order chi connectivity index (χ0) is 15.6. The molecule has 5 heteroatoms. The molecule has 0 unspecified atom stereocenters. The van der Waals surface area contributed by atoms with Gasteiger partial charge in [0, 0.05) is 31.0 Å². The van der Waals surface area contributed by atoms with Gasteiger partial charge in [-0.25, -0.2) is 0 Å². The van der Waals surface area contributed by atoms with Gasteiger partial charge in [-0.15, -0.1) is 0 Å². The molecule has 110 valence electrons. The third-order valence-corrected chi connectivity index (χ3v) is 3.61. The molecule has 21 heavy (non-hydrogen) atoms. The van der Waals surface area contributed by atoms with Crippen molar-refractivity contribution in [2.24, 2.45) is 0 Å². The Balaban J connectivity index is 2.24. The van der Waals surface area contributed by atoms with Crippen molar-refractivity contribution in [3.8, 4) is 0 Å². The van der Waals surface area contributed by atoms with E-state index < -0.39 is 0 Å². The lowest BCUT2D eigenvalue weighted by molar-refractivity contribution is 0.102. The molecular formula is C16H18ClN3O. The van der Waals surface area contributed by atoms with Crippen LogP contribution in [0.5, 0.6) is 0 Å². The van der Waals surface area contributed by atoms with Crippen LogP contribution in [0.3, 0.4) is 0 Å². The quantitative estimate of drug-likeness (QED) is 0.853. The zero-order valence-electron chi connectivity index (χ0n) is 12.3. The van der Waals surface area contributed by atoms with Crippen molar-refractivity contribution in [3.05, 3.63) is 52.5 Å². The van der Waals surface area contributed by atoms with Gasteiger partial charge in [-0.1, -0.05) is 17.7 Å². The molecule has 1 amide bonds. The van der Waals surface area contributed by atoms with Crippen LogP contribution in [0.1, 0.15) is 15.9 Å². The Bertz CT molecular complexity index is 683. The number of nitrogens with zero attached hydrogens (tertiary/aromatic N) is 1. The Kier molecular flexibility index (Phi) is 4.38. The number of benzene rings is 2. The van der Waals surface area contributed by atoms with Gasteiger partial charge in [0.1, 0.15) is 0 Å². The molecule has 0 bridgehead atoms. The van der Waals surface area contributed by atoms with Gasteiger partial charge in [-0.3, -0.25) is 4.79 Å². The second kappa shape index (κ2) is 6.06. The van der Waals surface area contributed by atoms with E-state index in [4.69, 9.17) is 17.3 Å². The van der Waals surface area contributed by atoms with Gasteiger partial charge in [-0.2, -0.15) is 0 Å². The lowest BCUT2D eigenvalue weighted by atomic mass is 10.1. The molecule has 2 aromatic rings. The molecule has 0 aliphatic rings. The highest BCUT2D eigenvalue weighted by Gasteiger charge is 2.12. The van der Waals surface area contributed by atoms with Crippen LogP contribution in [0, 0.1) is 6.92 Å². The predicted octanol–water partition coefficient (Wildman–Crippen LogP) is 3.55. The van der Waals surface area contributed by atoms with Gasteiger partial charge in [0.05, 0.1) is 10.7 Å². The van der Waals surface area contributed by atoms with Crippen LogP contribution < -0.4 is 16.0 Å². The van der Waals surface area contributed by atoms with E-state index in [-0.39, 0.29) is 5.91 Å². The molecule has 3 N–H and O–H groups in total. The summed E-state index contributed by atoms with van der Waals surface area (Å²) in [5.41, 5.74) is 9.30. The largest absolute Gasteiger partial charge is 0.398 e. The lowest BCUT2D eigenvalue weighted by Gasteiger charge is -2.15. The molecule has 2 rings (SSSR count). The molecule has 0 aromatic heterocycles. The molecule has 0 spiro atoms. The molecule has 0 radical (unpaired) electrons. The van der Waals surface area contributed by atoms with Gasteiger partial charge in [0.15, 0.2) is 0 Å². The van der Waals surface area contributed by atoms with Crippen LogP contribution in [0.15, 0.2) is 36.4 Å². The molecule has 0 aliphatic heterocycles. The van der Waals surface area contributed by atoms with Crippen LogP contribution in [0.2, 0.25) is 5.02 Å². The second-order valence-electron chi connectivity index (χ2n) is 5.03. The SMILES string of the molecule is Cc1c(N)cccc1C(=O)Nc1ccc(N(C)C)c(Cl)c1. The topological polar surface area (TPSA) is 58.4 Å². The number of nitrogens with two attached hydrogens (primary N) is 1. The fourth-order valence-corrected chi connectivity index (χ4v) is 2.39. The summed E-state index contributed by atoms with van der Waals surface area (Å²) in [6, 6.07) is 10.7. The average molecular weight is 304 g/mol. The minimum atomic E-state index is -0.200. The standard InChI is InChI=1S/C16H18ClN3O/c1-10-12(5-4-6-14(10)18)16(21)19-11-7-8-15(20(2)3)13(17)9-11/h4-9H,18H2,1-3H3,(H,19,21). The van der Waals surface area contributed by atoms with Crippen LogP contribution in [-0.2, 0) is 0 Å². The summed E-state index contributed by atoms with van der Waals surface area (Å²) in [6.45, 7) is 1.83. The van der Waals surface area contributed by atoms with Crippen molar-refractivity contribution < 1.29 is 4.79 Å². The van der Waals surface area contributed by atoms with Crippen molar-refractivity contribution in [2.75, 3.05) is 30.0 Å². The van der Waals surface area contributed by atoms with Gasteiger partial charge in [0.2, 0.25) is 0 Å². The molecular weight excluding hydrogens is 286 g/mol. The lowest BCUT2D eigenvalue weighted by Crippen LogP contribution is -2.14. The first-order chi connectivity index (χ1) is 9.90. The molecule has 4 nitrogen and oxygen atoms in total. The first-order valence-corrected chi connectivity index (χ1v) is 6.91. The summed E-state index contributed by atoms with van der Waals surface area (Å²) in [7, 11) is 3.82. The van der Waals surface area contributed by atoms with Gasteiger partial charge in [-0.05, 0) is 42.8 Å². The first kappa shape index (κ1) is 15.2. The third kappa shape index (κ3) is 3.28. The van der Waals surface area contributed by atoms with Crippen molar-refractivity contribution in [2.45, 2.75) is 6.92 Å². The summed E-state index contributed by atoms with van der Waals surface area (Å²) in [4.78, 5) is 14.2. The Morgan fingerprint density at radius 3 is 2.57 bits per heavy atom. The number of rotatable bonds is 3. The molecule has 0 saturated heterocycles. The smallest absolute Gasteiger partial charge is 0.256 e. The Hall–Kier alpha value is -2.20. The highest BCUT2D eigenvalue weighted by molar-refractivity contribution is 6.33. The van der Waals surface area contributed by atoms with Gasteiger partial charge < -0.3 is 16.0 Å². The van der Waals surface area contributed by atoms with E-state index >= 15 is 0 Å². The van der Waals surface area contributed by atoms with Crippen molar-refractivity contribution in [1.82, 2.24) is 0 Å². The number of hydrogen-bond acceptors (Lipinski definition) is 3. The van der Waals surface area contributed by atoms with Crippen molar-refractivity contribution >= 4 is 34.6 Å². The number of anilines is 3. The van der Waals surface area contributed by atoms with Gasteiger partial charge >= 0.3 is 0 Å². The third-order valence-electron chi connectivity index (χ3n) is 3.31. The normalized spacial score (nSPS) is 10.3. The monoisotopic (exact) mass is 303 g/mol. The molecule has 2 aromatic carbocycles. The van der Waals surface area contributed by atoms with E-state index in [0.717, 1.165) is 11.3 Å². The van der Waals surface area contributed by atoms with Crippen molar-refractivity contribution in [1.29, 1.82) is 0 Å². The molecule has 0 aliphatic carbocycles. The van der Waals surface area contributed by atoms with Crippen molar-refractivity contribution in [3.63, 3.8) is 0 Å². The van der Waals surface area contributed by atoms with Crippen LogP contribution in [0.25, 0.3) is 0 Å².